The lowest BCUT2D eigenvalue weighted by atomic mass is 9.94. The lowest BCUT2D eigenvalue weighted by Gasteiger charge is -2.39. The van der Waals surface area contributed by atoms with Crippen LogP contribution in [0.15, 0.2) is 6.08 Å². The molecule has 0 unspecified atom stereocenters. The number of ether oxygens (including phenoxy) is 1. The van der Waals surface area contributed by atoms with Gasteiger partial charge in [-0.25, -0.2) is 8.98 Å². The van der Waals surface area contributed by atoms with Crippen molar-refractivity contribution in [1.29, 1.82) is 0 Å². The molecule has 10 heteroatoms. The summed E-state index contributed by atoms with van der Waals surface area (Å²) in [5.41, 5.74) is 0. The van der Waals surface area contributed by atoms with E-state index in [4.69, 9.17) is 9.29 Å². The minimum atomic E-state index is -4.72. The average molecular weight is 298 g/mol. The van der Waals surface area contributed by atoms with E-state index in [0.29, 0.717) is 0 Å². The molecule has 1 saturated heterocycles. The van der Waals surface area contributed by atoms with E-state index in [1.54, 1.807) is 0 Å². The first-order valence-electron chi connectivity index (χ1n) is 5.27. The number of hydrogen-bond acceptors (Lipinski definition) is 8. The summed E-state index contributed by atoms with van der Waals surface area (Å²) in [4.78, 5) is 10.1. The number of aliphatic hydroxyl groups excluding tert-OH is 3. The summed E-state index contributed by atoms with van der Waals surface area (Å²) in [5, 5.41) is 28.7. The van der Waals surface area contributed by atoms with Crippen LogP contribution in [-0.2, 0) is 24.1 Å². The smallest absolute Gasteiger partial charge is 0.388 e. The molecule has 1 heterocycles. The van der Waals surface area contributed by atoms with E-state index in [1.165, 1.54) is 5.94 Å². The van der Waals surface area contributed by atoms with Crippen LogP contribution in [0.4, 0.5) is 0 Å². The first-order chi connectivity index (χ1) is 8.76. The normalized spacial score (nSPS) is 35.7. The average Bonchev–Trinajstić information content (AvgIpc) is 2.33. The highest BCUT2D eigenvalue weighted by Crippen LogP contribution is 2.23. The van der Waals surface area contributed by atoms with E-state index in [1.807, 2.05) is 0 Å². The highest BCUT2D eigenvalue weighted by Gasteiger charge is 2.43. The van der Waals surface area contributed by atoms with Crippen molar-refractivity contribution in [3.05, 3.63) is 6.08 Å². The predicted molar refractivity (Wildman–Crippen MR) is 59.1 cm³/mol. The van der Waals surface area contributed by atoms with E-state index >= 15 is 0 Å². The van der Waals surface area contributed by atoms with Crippen LogP contribution < -0.4 is 0 Å². The topological polar surface area (TPSA) is 151 Å². The molecule has 0 aromatic carbocycles. The molecule has 1 aliphatic rings. The van der Waals surface area contributed by atoms with Crippen LogP contribution in [0.5, 0.6) is 0 Å². The van der Waals surface area contributed by atoms with Crippen LogP contribution in [0, 0.1) is 0 Å². The van der Waals surface area contributed by atoms with E-state index in [9.17, 15) is 28.5 Å². The van der Waals surface area contributed by atoms with Gasteiger partial charge >= 0.3 is 10.4 Å². The molecule has 4 N–H and O–H groups in total. The summed E-state index contributed by atoms with van der Waals surface area (Å²) in [7, 11) is -4.72. The Bertz CT molecular complexity index is 441. The zero-order valence-corrected chi connectivity index (χ0v) is 10.4. The molecule has 1 fully saturated rings. The Hall–Kier alpha value is -0.840. The second kappa shape index (κ2) is 6.55. The second-order valence-corrected chi connectivity index (χ2v) is 5.05. The minimum Gasteiger partial charge on any atom is -0.388 e. The van der Waals surface area contributed by atoms with Gasteiger partial charge in [0.2, 0.25) is 0 Å². The van der Waals surface area contributed by atoms with Crippen molar-refractivity contribution < 1.29 is 42.0 Å². The molecule has 1 rings (SSSR count). The van der Waals surface area contributed by atoms with E-state index in [0.717, 1.165) is 6.08 Å². The maximum absolute atomic E-state index is 10.4. The molecule has 0 spiro atoms. The fourth-order valence-electron chi connectivity index (χ4n) is 1.68. The molecule has 0 radical (unpaired) electrons. The van der Waals surface area contributed by atoms with Crippen LogP contribution in [0.3, 0.4) is 0 Å². The Balaban J connectivity index is 2.72. The van der Waals surface area contributed by atoms with Crippen LogP contribution in [0.2, 0.25) is 0 Å². The molecule has 0 saturated carbocycles. The van der Waals surface area contributed by atoms with Gasteiger partial charge in [-0.05, 0) is 0 Å². The van der Waals surface area contributed by atoms with Gasteiger partial charge in [-0.2, -0.15) is 8.42 Å². The van der Waals surface area contributed by atoms with E-state index in [-0.39, 0.29) is 6.42 Å². The van der Waals surface area contributed by atoms with Crippen molar-refractivity contribution >= 4 is 16.3 Å². The van der Waals surface area contributed by atoms with Gasteiger partial charge in [0.25, 0.3) is 0 Å². The molecule has 5 atom stereocenters. The van der Waals surface area contributed by atoms with Crippen molar-refractivity contribution in [3.63, 3.8) is 0 Å². The van der Waals surface area contributed by atoms with Crippen LogP contribution in [-0.4, -0.2) is 71.4 Å². The molecule has 1 aliphatic heterocycles. The first-order valence-corrected chi connectivity index (χ1v) is 6.63. The molecular weight excluding hydrogens is 284 g/mol. The molecule has 19 heavy (non-hydrogen) atoms. The molecular formula is C9H14O9S. The lowest BCUT2D eigenvalue weighted by molar-refractivity contribution is -0.226. The molecule has 110 valence electrons. The third kappa shape index (κ3) is 4.64. The molecule has 0 aromatic rings. The minimum absolute atomic E-state index is 0.0865. The van der Waals surface area contributed by atoms with Gasteiger partial charge in [-0.3, -0.25) is 4.55 Å². The Kier molecular flexibility index (Phi) is 5.59. The van der Waals surface area contributed by atoms with Crippen molar-refractivity contribution in [2.24, 2.45) is 0 Å². The summed E-state index contributed by atoms with van der Waals surface area (Å²) in [6, 6.07) is 0. The monoisotopic (exact) mass is 298 g/mol. The quantitative estimate of drug-likeness (QED) is 0.317. The number of rotatable bonds is 5. The van der Waals surface area contributed by atoms with Gasteiger partial charge in [-0.1, -0.05) is 0 Å². The van der Waals surface area contributed by atoms with Crippen molar-refractivity contribution in [1.82, 2.24) is 0 Å². The third-order valence-corrected chi connectivity index (χ3v) is 3.06. The molecule has 9 nitrogen and oxygen atoms in total. The van der Waals surface area contributed by atoms with Gasteiger partial charge in [0.05, 0.1) is 12.7 Å². The van der Waals surface area contributed by atoms with Crippen LogP contribution in [0.25, 0.3) is 0 Å². The zero-order valence-electron chi connectivity index (χ0n) is 9.62. The SMILES string of the molecule is O=C=CC[C@@H]1O[C@H](COS(=O)(=O)O)[C@@H](O)[C@H](O)[C@@H]1O. The summed E-state index contributed by atoms with van der Waals surface area (Å²) in [6.07, 6.45) is -6.06. The van der Waals surface area contributed by atoms with Crippen molar-refractivity contribution in [3.8, 4) is 0 Å². The standard InChI is InChI=1S/C9H14O9S/c10-3-1-2-5-7(11)9(13)8(12)6(18-5)4-17-19(14,15)16/h1,5-9,11-13H,2,4H2,(H,14,15,16)/t5-,6+,7+,8+,9+/m0/s1. The number of aliphatic hydroxyl groups is 3. The second-order valence-electron chi connectivity index (χ2n) is 3.95. The summed E-state index contributed by atoms with van der Waals surface area (Å²) < 4.78 is 38.4. The first kappa shape index (κ1) is 16.2. The predicted octanol–water partition coefficient (Wildman–Crippen LogP) is -2.57. The van der Waals surface area contributed by atoms with E-state index in [2.05, 4.69) is 4.18 Å². The summed E-state index contributed by atoms with van der Waals surface area (Å²) in [6.45, 7) is -0.745. The molecule has 0 bridgehead atoms. The van der Waals surface area contributed by atoms with Gasteiger partial charge < -0.3 is 20.1 Å². The molecule has 0 amide bonds. The Morgan fingerprint density at radius 3 is 2.26 bits per heavy atom. The van der Waals surface area contributed by atoms with Gasteiger partial charge in [0, 0.05) is 12.5 Å². The lowest BCUT2D eigenvalue weighted by Crippen LogP contribution is -2.58. The fraction of sp³-hybridized carbons (Fsp3) is 0.778. The van der Waals surface area contributed by atoms with Gasteiger partial charge in [0.1, 0.15) is 30.4 Å². The van der Waals surface area contributed by atoms with Crippen LogP contribution >= 0.6 is 0 Å². The highest BCUT2D eigenvalue weighted by atomic mass is 32.3. The van der Waals surface area contributed by atoms with Gasteiger partial charge in [0.15, 0.2) is 0 Å². The van der Waals surface area contributed by atoms with Gasteiger partial charge in [-0.15, -0.1) is 0 Å². The zero-order chi connectivity index (χ0) is 14.6. The van der Waals surface area contributed by atoms with Crippen LogP contribution in [0.1, 0.15) is 6.42 Å². The van der Waals surface area contributed by atoms with E-state index < -0.39 is 47.5 Å². The summed E-state index contributed by atoms with van der Waals surface area (Å²) >= 11 is 0. The number of hydrogen-bond donors (Lipinski definition) is 4. The maximum atomic E-state index is 10.4. The maximum Gasteiger partial charge on any atom is 0.397 e. The Morgan fingerprint density at radius 1 is 1.16 bits per heavy atom. The highest BCUT2D eigenvalue weighted by molar-refractivity contribution is 7.80. The third-order valence-electron chi connectivity index (χ3n) is 2.63. The van der Waals surface area contributed by atoms with Crippen molar-refractivity contribution in [2.75, 3.05) is 6.61 Å². The Labute approximate surface area is 109 Å². The van der Waals surface area contributed by atoms with Crippen molar-refractivity contribution in [2.45, 2.75) is 36.9 Å². The number of carbonyl (C=O) groups excluding carboxylic acids is 1. The Morgan fingerprint density at radius 2 is 1.74 bits per heavy atom. The molecule has 0 aromatic heterocycles. The molecule has 0 aliphatic carbocycles. The largest absolute Gasteiger partial charge is 0.397 e. The summed E-state index contributed by atoms with van der Waals surface area (Å²) in [5.74, 6) is 1.46. The fourth-order valence-corrected chi connectivity index (χ4v) is 1.98.